The molecule has 1 aliphatic rings. The van der Waals surface area contributed by atoms with Crippen molar-refractivity contribution in [1.82, 2.24) is 35.1 Å². The summed E-state index contributed by atoms with van der Waals surface area (Å²) < 4.78 is 0. The third-order valence-corrected chi connectivity index (χ3v) is 8.34. The minimum absolute atomic E-state index is 0.0794. The highest BCUT2D eigenvalue weighted by atomic mass is 32.1. The summed E-state index contributed by atoms with van der Waals surface area (Å²) in [5.74, 6) is 0.803. The number of fused-ring (bicyclic) bond motifs is 2. The molecule has 6 aromatic heterocycles. The van der Waals surface area contributed by atoms with E-state index in [9.17, 15) is 4.79 Å². The number of aryl methyl sites for hydroxylation is 1. The lowest BCUT2D eigenvalue weighted by atomic mass is 9.88. The van der Waals surface area contributed by atoms with E-state index in [2.05, 4.69) is 54.5 Å². The fourth-order valence-electron chi connectivity index (χ4n) is 5.31. The number of nitrogens with zero attached hydrogens (tertiary/aromatic N) is 5. The number of H-pyrrole nitrogens is 2. The molecule has 0 spiro atoms. The van der Waals surface area contributed by atoms with Gasteiger partial charge >= 0.3 is 0 Å². The van der Waals surface area contributed by atoms with E-state index in [4.69, 9.17) is 4.98 Å². The second-order valence-corrected chi connectivity index (χ2v) is 11.3. The van der Waals surface area contributed by atoms with Gasteiger partial charge in [0.1, 0.15) is 16.9 Å². The Bertz CT molecular complexity index is 1830. The van der Waals surface area contributed by atoms with Crippen LogP contribution in [0.15, 0.2) is 55.1 Å². The topological polar surface area (TPSA) is 125 Å². The number of thiophene rings is 1. The van der Waals surface area contributed by atoms with Crippen LogP contribution in [0.2, 0.25) is 0 Å². The molecule has 6 aromatic rings. The summed E-state index contributed by atoms with van der Waals surface area (Å²) in [6.07, 6.45) is 12.4. The monoisotopic (exact) mass is 534 g/mol. The number of amides is 1. The van der Waals surface area contributed by atoms with Crippen LogP contribution in [-0.4, -0.2) is 41.0 Å². The van der Waals surface area contributed by atoms with E-state index in [1.54, 1.807) is 36.1 Å². The van der Waals surface area contributed by atoms with E-state index in [1.165, 1.54) is 11.3 Å². The summed E-state index contributed by atoms with van der Waals surface area (Å²) in [6, 6.07) is 10.1. The van der Waals surface area contributed by atoms with Crippen molar-refractivity contribution in [3.05, 3.63) is 60.0 Å². The minimum atomic E-state index is 0.0794. The van der Waals surface area contributed by atoms with E-state index in [1.807, 2.05) is 18.2 Å². The number of hydrogen-bond donors (Lipinski definition) is 3. The minimum Gasteiger partial charge on any atom is -0.336 e. The van der Waals surface area contributed by atoms with E-state index in [0.717, 1.165) is 63.8 Å². The van der Waals surface area contributed by atoms with Crippen molar-refractivity contribution in [2.24, 2.45) is 5.92 Å². The Morgan fingerprint density at radius 3 is 2.72 bits per heavy atom. The van der Waals surface area contributed by atoms with Crippen molar-refractivity contribution in [3.8, 4) is 33.2 Å². The molecule has 1 saturated carbocycles. The third kappa shape index (κ3) is 4.46. The molecule has 0 bridgehead atoms. The number of rotatable bonds is 5. The number of carbonyl (C=O) groups is 1. The molecule has 0 radical (unpaired) electrons. The molecule has 194 valence electrons. The van der Waals surface area contributed by atoms with Gasteiger partial charge in [-0.05, 0) is 50.1 Å². The maximum atomic E-state index is 12.8. The molecule has 0 aliphatic heterocycles. The van der Waals surface area contributed by atoms with Gasteiger partial charge in [-0.15, -0.1) is 11.3 Å². The molecule has 0 aromatic carbocycles. The Labute approximate surface area is 228 Å². The van der Waals surface area contributed by atoms with Gasteiger partial charge < -0.3 is 10.3 Å². The molecule has 10 heteroatoms. The Balaban J connectivity index is 1.22. The largest absolute Gasteiger partial charge is 0.336 e. The smallest absolute Gasteiger partial charge is 0.227 e. The molecule has 0 atom stereocenters. The molecule has 3 N–H and O–H groups in total. The normalized spacial score (nSPS) is 14.3. The second kappa shape index (κ2) is 9.70. The molecular formula is C29H26N8OS. The first-order valence-corrected chi connectivity index (χ1v) is 14.0. The first kappa shape index (κ1) is 23.7. The number of carbonyl (C=O) groups excluding carboxylic acids is 1. The van der Waals surface area contributed by atoms with Crippen LogP contribution < -0.4 is 5.32 Å². The lowest BCUT2D eigenvalue weighted by Gasteiger charge is -2.20. The van der Waals surface area contributed by atoms with Gasteiger partial charge in [0.25, 0.3) is 0 Å². The number of anilines is 1. The van der Waals surface area contributed by atoms with Crippen LogP contribution in [0.5, 0.6) is 0 Å². The molecule has 7 rings (SSSR count). The molecule has 9 nitrogen and oxygen atoms in total. The Morgan fingerprint density at radius 2 is 1.87 bits per heavy atom. The maximum Gasteiger partial charge on any atom is 0.227 e. The molecule has 1 fully saturated rings. The van der Waals surface area contributed by atoms with E-state index >= 15 is 0 Å². The van der Waals surface area contributed by atoms with Gasteiger partial charge in [-0.1, -0.05) is 19.3 Å². The Kier molecular flexibility index (Phi) is 5.89. The van der Waals surface area contributed by atoms with Gasteiger partial charge in [-0.25, -0.2) is 9.97 Å². The highest BCUT2D eigenvalue weighted by Crippen LogP contribution is 2.34. The van der Waals surface area contributed by atoms with Crippen LogP contribution in [0.1, 0.15) is 37.0 Å². The zero-order chi connectivity index (χ0) is 26.3. The fourth-order valence-corrected chi connectivity index (χ4v) is 6.17. The van der Waals surface area contributed by atoms with Crippen LogP contribution in [-0.2, 0) is 4.79 Å². The fraction of sp³-hybridized carbons (Fsp3) is 0.241. The standard InChI is InChI=1S/C29H26N8OS/c1-16-7-8-23(39-16)26-25-22(9-10-31-26)34-28(35-25)24-21-12-19(14-32-27(21)37-36-24)18-11-20(15-30-13-18)33-29(38)17-5-3-2-4-6-17/h7-15,17H,2-6H2,1H3,(H,33,38)(H,34,35)(H,32,36,37). The van der Waals surface area contributed by atoms with E-state index < -0.39 is 0 Å². The summed E-state index contributed by atoms with van der Waals surface area (Å²) in [4.78, 5) is 37.0. The van der Waals surface area contributed by atoms with Gasteiger partial charge in [0.2, 0.25) is 5.91 Å². The van der Waals surface area contributed by atoms with Gasteiger partial charge in [-0.3, -0.25) is 19.9 Å². The quantitative estimate of drug-likeness (QED) is 0.231. The number of imidazole rings is 1. The molecule has 0 saturated heterocycles. The van der Waals surface area contributed by atoms with Crippen LogP contribution >= 0.6 is 11.3 Å². The zero-order valence-corrected chi connectivity index (χ0v) is 22.2. The predicted molar refractivity (Wildman–Crippen MR) is 153 cm³/mol. The van der Waals surface area contributed by atoms with Crippen molar-refractivity contribution >= 4 is 45.0 Å². The highest BCUT2D eigenvalue weighted by Gasteiger charge is 2.22. The number of nitrogens with one attached hydrogen (secondary N) is 3. The summed E-state index contributed by atoms with van der Waals surface area (Å²) >= 11 is 1.70. The molecule has 1 amide bonds. The van der Waals surface area contributed by atoms with Crippen LogP contribution in [0.4, 0.5) is 5.69 Å². The number of aromatic nitrogens is 7. The van der Waals surface area contributed by atoms with E-state index in [-0.39, 0.29) is 11.8 Å². The first-order chi connectivity index (χ1) is 19.1. The summed E-state index contributed by atoms with van der Waals surface area (Å²) in [6.45, 7) is 2.08. The third-order valence-electron chi connectivity index (χ3n) is 7.33. The first-order valence-electron chi connectivity index (χ1n) is 13.1. The summed E-state index contributed by atoms with van der Waals surface area (Å²) in [5.41, 5.74) is 6.32. The molecule has 1 aliphatic carbocycles. The Morgan fingerprint density at radius 1 is 1.00 bits per heavy atom. The summed E-state index contributed by atoms with van der Waals surface area (Å²) in [5, 5.41) is 11.5. The number of hydrogen-bond acceptors (Lipinski definition) is 7. The molecule has 6 heterocycles. The lowest BCUT2D eigenvalue weighted by Crippen LogP contribution is -2.24. The second-order valence-electron chi connectivity index (χ2n) is 10.0. The number of pyridine rings is 3. The van der Waals surface area contributed by atoms with Crippen LogP contribution in [0.25, 0.3) is 55.3 Å². The van der Waals surface area contributed by atoms with Crippen molar-refractivity contribution in [3.63, 3.8) is 0 Å². The average molecular weight is 535 g/mol. The van der Waals surface area contributed by atoms with Gasteiger partial charge in [0.05, 0.1) is 27.7 Å². The van der Waals surface area contributed by atoms with Gasteiger partial charge in [-0.2, -0.15) is 5.10 Å². The van der Waals surface area contributed by atoms with Crippen LogP contribution in [0, 0.1) is 12.8 Å². The van der Waals surface area contributed by atoms with Crippen LogP contribution in [0.3, 0.4) is 0 Å². The molecular weight excluding hydrogens is 508 g/mol. The maximum absolute atomic E-state index is 12.8. The highest BCUT2D eigenvalue weighted by molar-refractivity contribution is 7.15. The van der Waals surface area contributed by atoms with Gasteiger partial charge in [0, 0.05) is 40.5 Å². The van der Waals surface area contributed by atoms with Crippen molar-refractivity contribution in [2.75, 3.05) is 5.32 Å². The summed E-state index contributed by atoms with van der Waals surface area (Å²) in [7, 11) is 0. The molecule has 39 heavy (non-hydrogen) atoms. The SMILES string of the molecule is Cc1ccc(-c2nccc3[nH]c(-c4n[nH]c5ncc(-c6cncc(NC(=O)C7CCCCC7)c6)cc45)nc23)s1. The lowest BCUT2D eigenvalue weighted by molar-refractivity contribution is -0.120. The van der Waals surface area contributed by atoms with E-state index in [0.29, 0.717) is 22.9 Å². The van der Waals surface area contributed by atoms with Gasteiger partial charge in [0.15, 0.2) is 11.5 Å². The predicted octanol–water partition coefficient (Wildman–Crippen LogP) is 6.51. The van der Waals surface area contributed by atoms with Crippen molar-refractivity contribution in [2.45, 2.75) is 39.0 Å². The molecule has 0 unspecified atom stereocenters. The Hall–Kier alpha value is -4.44. The number of aromatic amines is 2. The average Bonchev–Trinajstić information content (AvgIpc) is 3.71. The van der Waals surface area contributed by atoms with Crippen molar-refractivity contribution in [1.29, 1.82) is 0 Å². The zero-order valence-electron chi connectivity index (χ0n) is 21.4. The van der Waals surface area contributed by atoms with Crippen molar-refractivity contribution < 1.29 is 4.79 Å².